The summed E-state index contributed by atoms with van der Waals surface area (Å²) >= 11 is 0. The number of benzene rings is 1. The molecule has 1 aliphatic carbocycles. The topological polar surface area (TPSA) is 63.6 Å². The number of aliphatic carboxylic acids is 1. The number of carboxylic acids is 1. The Morgan fingerprint density at radius 3 is 2.14 bits per heavy atom. The molecule has 4 nitrogen and oxygen atoms in total. The van der Waals surface area contributed by atoms with Crippen molar-refractivity contribution in [3.05, 3.63) is 35.4 Å². The molecule has 0 radical (unpaired) electrons. The van der Waals surface area contributed by atoms with E-state index in [1.807, 2.05) is 0 Å². The van der Waals surface area contributed by atoms with Crippen molar-refractivity contribution in [3.63, 3.8) is 0 Å². The summed E-state index contributed by atoms with van der Waals surface area (Å²) in [6, 6.07) is 6.85. The van der Waals surface area contributed by atoms with Crippen LogP contribution < -0.4 is 0 Å². The average molecular weight is 290 g/mol. The van der Waals surface area contributed by atoms with E-state index in [9.17, 15) is 14.7 Å². The van der Waals surface area contributed by atoms with Gasteiger partial charge in [0.25, 0.3) is 0 Å². The molecular formula is C17H22O4. The smallest absolute Gasteiger partial charge is 0.338 e. The molecule has 1 aliphatic rings. The Morgan fingerprint density at radius 1 is 1.10 bits per heavy atom. The minimum absolute atomic E-state index is 0.166. The maximum atomic E-state index is 11.8. The van der Waals surface area contributed by atoms with Crippen LogP contribution >= 0.6 is 0 Å². The number of hydrogen-bond acceptors (Lipinski definition) is 3. The molecule has 2 rings (SSSR count). The summed E-state index contributed by atoms with van der Waals surface area (Å²) in [6.07, 6.45) is 4.12. The normalized spacial score (nSPS) is 17.5. The van der Waals surface area contributed by atoms with Crippen molar-refractivity contribution in [2.24, 2.45) is 0 Å². The van der Waals surface area contributed by atoms with Gasteiger partial charge in [-0.1, -0.05) is 31.4 Å². The van der Waals surface area contributed by atoms with E-state index >= 15 is 0 Å². The third-order valence-corrected chi connectivity index (χ3v) is 4.13. The van der Waals surface area contributed by atoms with Gasteiger partial charge in [-0.25, -0.2) is 4.79 Å². The molecule has 114 valence electrons. The van der Waals surface area contributed by atoms with Gasteiger partial charge in [0.15, 0.2) is 0 Å². The van der Waals surface area contributed by atoms with Gasteiger partial charge >= 0.3 is 11.9 Å². The second kappa shape index (κ2) is 6.29. The van der Waals surface area contributed by atoms with Crippen LogP contribution in [0.25, 0.3) is 0 Å². The SMILES string of the molecule is CC(C)OC(=O)c1ccc(C2(C(=O)O)CCCCC2)cc1. The lowest BCUT2D eigenvalue weighted by atomic mass is 9.69. The zero-order chi connectivity index (χ0) is 15.5. The Hall–Kier alpha value is -1.84. The highest BCUT2D eigenvalue weighted by molar-refractivity contribution is 5.90. The van der Waals surface area contributed by atoms with E-state index in [-0.39, 0.29) is 12.1 Å². The van der Waals surface area contributed by atoms with E-state index in [4.69, 9.17) is 4.74 Å². The van der Waals surface area contributed by atoms with E-state index in [1.54, 1.807) is 38.1 Å². The maximum Gasteiger partial charge on any atom is 0.338 e. The lowest BCUT2D eigenvalue weighted by Gasteiger charge is -2.33. The molecule has 0 spiro atoms. The number of ether oxygens (including phenoxy) is 1. The first kappa shape index (κ1) is 15.5. The highest BCUT2D eigenvalue weighted by Gasteiger charge is 2.41. The summed E-state index contributed by atoms with van der Waals surface area (Å²) in [5.41, 5.74) is 0.457. The van der Waals surface area contributed by atoms with Gasteiger partial charge in [0.1, 0.15) is 0 Å². The zero-order valence-electron chi connectivity index (χ0n) is 12.6. The quantitative estimate of drug-likeness (QED) is 0.861. The van der Waals surface area contributed by atoms with E-state index < -0.39 is 11.4 Å². The molecule has 1 N–H and O–H groups in total. The first-order valence-electron chi connectivity index (χ1n) is 7.50. The molecule has 0 saturated heterocycles. The monoisotopic (exact) mass is 290 g/mol. The van der Waals surface area contributed by atoms with Gasteiger partial charge in [0.2, 0.25) is 0 Å². The molecule has 0 aliphatic heterocycles. The lowest BCUT2D eigenvalue weighted by Crippen LogP contribution is -2.37. The number of carbonyl (C=O) groups excluding carboxylic acids is 1. The lowest BCUT2D eigenvalue weighted by molar-refractivity contribution is -0.145. The summed E-state index contributed by atoms with van der Waals surface area (Å²) in [5.74, 6) is -1.13. The molecule has 0 unspecified atom stereocenters. The Morgan fingerprint density at radius 2 is 1.67 bits per heavy atom. The summed E-state index contributed by atoms with van der Waals surface area (Å²) in [7, 11) is 0. The minimum Gasteiger partial charge on any atom is -0.481 e. The Kier molecular flexibility index (Phi) is 4.66. The van der Waals surface area contributed by atoms with Crippen LogP contribution in [0.4, 0.5) is 0 Å². The first-order chi connectivity index (χ1) is 9.95. The van der Waals surface area contributed by atoms with E-state index in [0.717, 1.165) is 24.8 Å². The van der Waals surface area contributed by atoms with Gasteiger partial charge in [0.05, 0.1) is 17.1 Å². The summed E-state index contributed by atoms with van der Waals surface area (Å²) in [5, 5.41) is 9.65. The molecule has 0 bridgehead atoms. The van der Waals surface area contributed by atoms with Gasteiger partial charge in [-0.2, -0.15) is 0 Å². The Balaban J connectivity index is 2.24. The van der Waals surface area contributed by atoms with Gasteiger partial charge < -0.3 is 9.84 Å². The molecule has 1 aromatic carbocycles. The molecule has 0 amide bonds. The molecule has 4 heteroatoms. The van der Waals surface area contributed by atoms with Gasteiger partial charge in [-0.15, -0.1) is 0 Å². The van der Waals surface area contributed by atoms with Crippen LogP contribution in [0.3, 0.4) is 0 Å². The molecule has 0 aromatic heterocycles. The fourth-order valence-corrected chi connectivity index (χ4v) is 2.99. The largest absolute Gasteiger partial charge is 0.481 e. The molecular weight excluding hydrogens is 268 g/mol. The fraction of sp³-hybridized carbons (Fsp3) is 0.529. The highest BCUT2D eigenvalue weighted by Crippen LogP contribution is 2.39. The first-order valence-corrected chi connectivity index (χ1v) is 7.50. The summed E-state index contributed by atoms with van der Waals surface area (Å²) in [4.78, 5) is 23.6. The number of hydrogen-bond donors (Lipinski definition) is 1. The van der Waals surface area contributed by atoms with Crippen molar-refractivity contribution in [1.29, 1.82) is 0 Å². The van der Waals surface area contributed by atoms with Crippen molar-refractivity contribution in [2.45, 2.75) is 57.5 Å². The van der Waals surface area contributed by atoms with Crippen LogP contribution in [0.1, 0.15) is 61.9 Å². The highest BCUT2D eigenvalue weighted by atomic mass is 16.5. The summed E-state index contributed by atoms with van der Waals surface area (Å²) < 4.78 is 5.14. The van der Waals surface area contributed by atoms with Crippen LogP contribution in [0.5, 0.6) is 0 Å². The second-order valence-electron chi connectivity index (χ2n) is 5.98. The third-order valence-electron chi connectivity index (χ3n) is 4.13. The maximum absolute atomic E-state index is 11.8. The van der Waals surface area contributed by atoms with E-state index in [0.29, 0.717) is 18.4 Å². The zero-order valence-corrected chi connectivity index (χ0v) is 12.6. The van der Waals surface area contributed by atoms with Crippen molar-refractivity contribution < 1.29 is 19.4 Å². The number of rotatable bonds is 4. The predicted molar refractivity (Wildman–Crippen MR) is 79.4 cm³/mol. The third kappa shape index (κ3) is 3.26. The number of carboxylic acid groups (broad SMARTS) is 1. The molecule has 1 fully saturated rings. The molecule has 0 atom stereocenters. The van der Waals surface area contributed by atoms with Crippen molar-refractivity contribution in [2.75, 3.05) is 0 Å². The van der Waals surface area contributed by atoms with Crippen LogP contribution in [-0.4, -0.2) is 23.1 Å². The Labute approximate surface area is 125 Å². The van der Waals surface area contributed by atoms with E-state index in [2.05, 4.69) is 0 Å². The fourth-order valence-electron chi connectivity index (χ4n) is 2.99. The van der Waals surface area contributed by atoms with E-state index in [1.165, 1.54) is 0 Å². The van der Waals surface area contributed by atoms with Gasteiger partial charge in [0, 0.05) is 0 Å². The molecule has 1 saturated carbocycles. The molecule has 0 heterocycles. The minimum atomic E-state index is -0.793. The average Bonchev–Trinajstić information content (AvgIpc) is 2.47. The molecule has 1 aromatic rings. The standard InChI is InChI=1S/C17H22O4/c1-12(2)21-15(18)13-6-8-14(9-7-13)17(16(19)20)10-4-3-5-11-17/h6-9,12H,3-5,10-11H2,1-2H3,(H,19,20). The Bertz CT molecular complexity index is 510. The second-order valence-corrected chi connectivity index (χ2v) is 5.98. The molecule has 21 heavy (non-hydrogen) atoms. The summed E-state index contributed by atoms with van der Waals surface area (Å²) in [6.45, 7) is 3.60. The van der Waals surface area contributed by atoms with Crippen LogP contribution in [-0.2, 0) is 14.9 Å². The van der Waals surface area contributed by atoms with Crippen molar-refractivity contribution >= 4 is 11.9 Å². The number of carbonyl (C=O) groups is 2. The van der Waals surface area contributed by atoms with Crippen molar-refractivity contribution in [1.82, 2.24) is 0 Å². The van der Waals surface area contributed by atoms with Gasteiger partial charge in [-0.3, -0.25) is 4.79 Å². The van der Waals surface area contributed by atoms with Crippen LogP contribution in [0.15, 0.2) is 24.3 Å². The predicted octanol–water partition coefficient (Wildman–Crippen LogP) is 3.54. The van der Waals surface area contributed by atoms with Gasteiger partial charge in [-0.05, 0) is 44.4 Å². The van der Waals surface area contributed by atoms with Crippen molar-refractivity contribution in [3.8, 4) is 0 Å². The van der Waals surface area contributed by atoms with Crippen LogP contribution in [0.2, 0.25) is 0 Å². The van der Waals surface area contributed by atoms with Crippen LogP contribution in [0, 0.1) is 0 Å². The number of esters is 1.